The Kier molecular flexibility index (Phi) is 31.8. The van der Waals surface area contributed by atoms with Gasteiger partial charge in [-0.1, -0.05) is 174 Å². The lowest BCUT2D eigenvalue weighted by atomic mass is 9.88. The largest absolute Gasteiger partial charge is 0.462 e. The summed E-state index contributed by atoms with van der Waals surface area (Å²) in [6.45, 7) is 3.89. The molecular formula is C44H82O8. The van der Waals surface area contributed by atoms with Gasteiger partial charge in [0.25, 0.3) is 0 Å². The van der Waals surface area contributed by atoms with Gasteiger partial charge in [0, 0.05) is 25.2 Å². The molecule has 0 amide bonds. The molecule has 52 heavy (non-hydrogen) atoms. The van der Waals surface area contributed by atoms with Gasteiger partial charge in [0.05, 0.1) is 24.9 Å². The first kappa shape index (κ1) is 48.5. The zero-order chi connectivity index (χ0) is 38.1. The van der Waals surface area contributed by atoms with E-state index in [1.807, 2.05) is 6.08 Å². The number of hydrogen-bond acceptors (Lipinski definition) is 8. The number of carbonyl (C=O) groups excluding carboxylic acids is 2. The highest BCUT2D eigenvalue weighted by Crippen LogP contribution is 2.37. The van der Waals surface area contributed by atoms with Crippen molar-refractivity contribution >= 4 is 11.9 Å². The average Bonchev–Trinajstić information content (AvgIpc) is 3.40. The molecule has 0 spiro atoms. The van der Waals surface area contributed by atoms with Crippen molar-refractivity contribution in [3.05, 3.63) is 12.2 Å². The van der Waals surface area contributed by atoms with Gasteiger partial charge in [-0.2, -0.15) is 0 Å². The van der Waals surface area contributed by atoms with E-state index in [4.69, 9.17) is 9.47 Å². The number of esters is 2. The molecule has 0 bridgehead atoms. The number of rotatable bonds is 36. The van der Waals surface area contributed by atoms with Crippen molar-refractivity contribution in [2.75, 3.05) is 13.2 Å². The lowest BCUT2D eigenvalue weighted by Gasteiger charge is -2.21. The van der Waals surface area contributed by atoms with Gasteiger partial charge in [-0.05, 0) is 31.6 Å². The average molecular weight is 739 g/mol. The molecule has 0 aromatic rings. The van der Waals surface area contributed by atoms with Crippen molar-refractivity contribution in [3.63, 3.8) is 0 Å². The van der Waals surface area contributed by atoms with Crippen molar-refractivity contribution in [2.45, 2.75) is 231 Å². The van der Waals surface area contributed by atoms with Crippen LogP contribution < -0.4 is 0 Å². The van der Waals surface area contributed by atoms with Crippen LogP contribution in [0, 0.1) is 11.8 Å². The van der Waals surface area contributed by atoms with E-state index in [0.717, 1.165) is 64.2 Å². The maximum Gasteiger partial charge on any atom is 0.306 e. The molecule has 8 heteroatoms. The number of hydrogen-bond donors (Lipinski definition) is 4. The van der Waals surface area contributed by atoms with Crippen molar-refractivity contribution in [2.24, 2.45) is 11.8 Å². The van der Waals surface area contributed by atoms with E-state index in [1.54, 1.807) is 6.08 Å². The van der Waals surface area contributed by atoms with Gasteiger partial charge >= 0.3 is 11.9 Å². The fraction of sp³-hybridized carbons (Fsp3) is 0.909. The Morgan fingerprint density at radius 3 is 1.62 bits per heavy atom. The van der Waals surface area contributed by atoms with Crippen molar-refractivity contribution in [3.8, 4) is 0 Å². The molecule has 0 unspecified atom stereocenters. The summed E-state index contributed by atoms with van der Waals surface area (Å²) >= 11 is 0. The molecule has 0 radical (unpaired) electrons. The topological polar surface area (TPSA) is 134 Å². The van der Waals surface area contributed by atoms with E-state index in [0.29, 0.717) is 25.7 Å². The van der Waals surface area contributed by atoms with Crippen LogP contribution in [-0.2, 0) is 19.1 Å². The van der Waals surface area contributed by atoms with Gasteiger partial charge in [0.15, 0.2) is 6.10 Å². The Labute approximate surface area is 318 Å². The van der Waals surface area contributed by atoms with Crippen LogP contribution in [0.3, 0.4) is 0 Å². The van der Waals surface area contributed by atoms with Gasteiger partial charge in [-0.25, -0.2) is 0 Å². The Balaban J connectivity index is 2.02. The van der Waals surface area contributed by atoms with Crippen LogP contribution in [0.2, 0.25) is 0 Å². The third-order valence-corrected chi connectivity index (χ3v) is 10.9. The van der Waals surface area contributed by atoms with Crippen molar-refractivity contribution in [1.29, 1.82) is 0 Å². The molecule has 4 N–H and O–H groups in total. The van der Waals surface area contributed by atoms with Crippen molar-refractivity contribution < 1.29 is 39.5 Å². The van der Waals surface area contributed by atoms with Gasteiger partial charge in [-0.3, -0.25) is 9.59 Å². The van der Waals surface area contributed by atoms with E-state index >= 15 is 0 Å². The van der Waals surface area contributed by atoms with Crippen LogP contribution in [0.25, 0.3) is 0 Å². The summed E-state index contributed by atoms with van der Waals surface area (Å²) in [6.07, 6.45) is 33.4. The second kappa shape index (κ2) is 34.0. The smallest absolute Gasteiger partial charge is 0.306 e. The van der Waals surface area contributed by atoms with Crippen LogP contribution in [-0.4, -0.2) is 70.0 Å². The number of unbranched alkanes of at least 4 members (excludes halogenated alkanes) is 22. The number of carbonyl (C=O) groups is 2. The second-order valence-electron chi connectivity index (χ2n) is 15.8. The predicted molar refractivity (Wildman–Crippen MR) is 212 cm³/mol. The highest BCUT2D eigenvalue weighted by Gasteiger charge is 2.39. The van der Waals surface area contributed by atoms with Gasteiger partial charge in [-0.15, -0.1) is 0 Å². The first-order valence-electron chi connectivity index (χ1n) is 22.0. The highest BCUT2D eigenvalue weighted by atomic mass is 16.6. The summed E-state index contributed by atoms with van der Waals surface area (Å²) in [7, 11) is 0. The highest BCUT2D eigenvalue weighted by molar-refractivity contribution is 5.70. The molecule has 1 aliphatic carbocycles. The van der Waals surface area contributed by atoms with Crippen LogP contribution in [0.4, 0.5) is 0 Å². The SMILES string of the molecule is CCCCCCCCCCCCCCCCCCCCC(=O)OC[C@H](CO)OC(=O)CCCCCC[C@@H]1[C@@H](/C=C/[C@@H](O)CCCCC)[C@H](O)C[C@@H]1O. The molecule has 0 aromatic carbocycles. The number of aliphatic hydroxyl groups is 4. The fourth-order valence-corrected chi connectivity index (χ4v) is 7.53. The summed E-state index contributed by atoms with van der Waals surface area (Å²) in [5.41, 5.74) is 0. The maximum atomic E-state index is 12.3. The van der Waals surface area contributed by atoms with Crippen LogP contribution in [0.1, 0.15) is 206 Å². The van der Waals surface area contributed by atoms with E-state index < -0.39 is 30.4 Å². The van der Waals surface area contributed by atoms with Crippen LogP contribution >= 0.6 is 0 Å². The zero-order valence-electron chi connectivity index (χ0n) is 33.7. The molecule has 1 aliphatic rings. The maximum absolute atomic E-state index is 12.3. The molecular weight excluding hydrogens is 656 g/mol. The molecule has 0 heterocycles. The van der Waals surface area contributed by atoms with Gasteiger partial charge in [0.1, 0.15) is 6.61 Å². The van der Waals surface area contributed by atoms with E-state index in [-0.39, 0.29) is 37.4 Å². The zero-order valence-corrected chi connectivity index (χ0v) is 33.7. The lowest BCUT2D eigenvalue weighted by Crippen LogP contribution is -2.28. The summed E-state index contributed by atoms with van der Waals surface area (Å²) in [6, 6.07) is 0. The summed E-state index contributed by atoms with van der Waals surface area (Å²) in [5, 5.41) is 40.8. The van der Waals surface area contributed by atoms with E-state index in [1.165, 1.54) is 96.3 Å². The molecule has 1 rings (SSSR count). The Hall–Kier alpha value is -1.48. The van der Waals surface area contributed by atoms with E-state index in [2.05, 4.69) is 13.8 Å². The second-order valence-corrected chi connectivity index (χ2v) is 15.8. The molecule has 306 valence electrons. The Morgan fingerprint density at radius 2 is 1.10 bits per heavy atom. The number of aliphatic hydroxyl groups excluding tert-OH is 4. The quantitative estimate of drug-likeness (QED) is 0.0284. The standard InChI is InChI=1S/C44H82O8/c1-3-5-7-8-9-10-11-12-13-14-15-16-17-18-19-20-21-26-30-43(49)51-36-38(35-45)52-44(50)31-27-23-22-25-29-39-40(42(48)34-41(39)47)33-32-37(46)28-24-6-4-2/h32-33,37-42,45-48H,3-31,34-36H2,1-2H3/b33-32+/t37-,38-,39+,40+,41-,42+/m0/s1. The first-order chi connectivity index (χ1) is 25.3. The molecule has 1 fully saturated rings. The normalized spacial score (nSPS) is 20.0. The minimum atomic E-state index is -0.845. The first-order valence-corrected chi connectivity index (χ1v) is 22.0. The molecule has 8 nitrogen and oxygen atoms in total. The molecule has 0 aromatic heterocycles. The van der Waals surface area contributed by atoms with Gasteiger partial charge < -0.3 is 29.9 Å². The minimum Gasteiger partial charge on any atom is -0.462 e. The Bertz CT molecular complexity index is 863. The van der Waals surface area contributed by atoms with Crippen molar-refractivity contribution in [1.82, 2.24) is 0 Å². The summed E-state index contributed by atoms with van der Waals surface area (Å²) in [4.78, 5) is 24.5. The van der Waals surface area contributed by atoms with Crippen LogP contribution in [0.5, 0.6) is 0 Å². The van der Waals surface area contributed by atoms with E-state index in [9.17, 15) is 30.0 Å². The monoisotopic (exact) mass is 739 g/mol. The molecule has 6 atom stereocenters. The van der Waals surface area contributed by atoms with Crippen LogP contribution in [0.15, 0.2) is 12.2 Å². The summed E-state index contributed by atoms with van der Waals surface area (Å²) < 4.78 is 10.6. The summed E-state index contributed by atoms with van der Waals surface area (Å²) in [5.74, 6) is -0.910. The fourth-order valence-electron chi connectivity index (χ4n) is 7.53. The predicted octanol–water partition coefficient (Wildman–Crippen LogP) is 10.1. The molecule has 0 saturated heterocycles. The molecule has 1 saturated carbocycles. The third kappa shape index (κ3) is 26.3. The van der Waals surface area contributed by atoms with Gasteiger partial charge in [0.2, 0.25) is 0 Å². The molecule has 0 aliphatic heterocycles. The Morgan fingerprint density at radius 1 is 0.635 bits per heavy atom. The number of ether oxygens (including phenoxy) is 2. The minimum absolute atomic E-state index is 0.0362. The lowest BCUT2D eigenvalue weighted by molar-refractivity contribution is -0.161. The third-order valence-electron chi connectivity index (χ3n) is 10.9.